The Kier molecular flexibility index (Phi) is 5.05. The maximum Gasteiger partial charge on any atom is 0.265 e. The van der Waals surface area contributed by atoms with Crippen LogP contribution in [0.3, 0.4) is 0 Å². The number of hydrogen-bond acceptors (Lipinski definition) is 4. The van der Waals surface area contributed by atoms with Gasteiger partial charge >= 0.3 is 0 Å². The second kappa shape index (κ2) is 6.83. The van der Waals surface area contributed by atoms with Gasteiger partial charge in [-0.05, 0) is 56.7 Å². The molecule has 0 radical (unpaired) electrons. The normalized spacial score (nSPS) is 11.1. The lowest BCUT2D eigenvalue weighted by Gasteiger charge is -2.10. The van der Waals surface area contributed by atoms with Crippen LogP contribution >= 0.6 is 0 Å². The first-order valence-electron chi connectivity index (χ1n) is 7.21. The second-order valence-corrected chi connectivity index (χ2v) is 6.81. The molecule has 5 nitrogen and oxygen atoms in total. The van der Waals surface area contributed by atoms with Crippen LogP contribution in [0.5, 0.6) is 5.75 Å². The van der Waals surface area contributed by atoms with Crippen molar-refractivity contribution < 1.29 is 17.9 Å². The average molecular weight is 333 g/mol. The van der Waals surface area contributed by atoms with E-state index >= 15 is 0 Å². The Bertz CT molecular complexity index is 811. The molecule has 2 aromatic carbocycles. The van der Waals surface area contributed by atoms with Crippen molar-refractivity contribution in [1.82, 2.24) is 4.72 Å². The fourth-order valence-corrected chi connectivity index (χ4v) is 3.41. The second-order valence-electron chi connectivity index (χ2n) is 5.16. The molecular weight excluding hydrogens is 314 g/mol. The van der Waals surface area contributed by atoms with Gasteiger partial charge in [0.05, 0.1) is 11.5 Å². The Hall–Kier alpha value is -2.34. The van der Waals surface area contributed by atoms with E-state index < -0.39 is 15.9 Å². The lowest BCUT2D eigenvalue weighted by atomic mass is 10.2. The maximum atomic E-state index is 12.4. The predicted molar refractivity (Wildman–Crippen MR) is 88.2 cm³/mol. The van der Waals surface area contributed by atoms with Crippen molar-refractivity contribution in [3.8, 4) is 5.75 Å². The number of aryl methyl sites for hydroxylation is 2. The Morgan fingerprint density at radius 1 is 1.09 bits per heavy atom. The van der Waals surface area contributed by atoms with Crippen molar-refractivity contribution in [3.05, 3.63) is 59.2 Å². The Morgan fingerprint density at radius 2 is 1.74 bits per heavy atom. The molecule has 0 atom stereocenters. The summed E-state index contributed by atoms with van der Waals surface area (Å²) in [6.07, 6.45) is 0. The molecule has 23 heavy (non-hydrogen) atoms. The zero-order valence-corrected chi connectivity index (χ0v) is 14.1. The number of hydrogen-bond donors (Lipinski definition) is 1. The lowest BCUT2D eigenvalue weighted by molar-refractivity contribution is 0.0981. The summed E-state index contributed by atoms with van der Waals surface area (Å²) in [7, 11) is -3.91. The third-order valence-corrected chi connectivity index (χ3v) is 4.77. The van der Waals surface area contributed by atoms with Crippen LogP contribution in [0.15, 0.2) is 47.4 Å². The first-order valence-corrected chi connectivity index (χ1v) is 8.69. The Morgan fingerprint density at radius 3 is 2.30 bits per heavy atom. The number of carbonyl (C=O) groups excluding carboxylic acids is 1. The largest absolute Gasteiger partial charge is 0.494 e. The summed E-state index contributed by atoms with van der Waals surface area (Å²) in [5.74, 6) is -0.0469. The highest BCUT2D eigenvalue weighted by molar-refractivity contribution is 7.90. The van der Waals surface area contributed by atoms with Crippen LogP contribution < -0.4 is 9.46 Å². The van der Waals surface area contributed by atoms with E-state index in [2.05, 4.69) is 4.72 Å². The van der Waals surface area contributed by atoms with E-state index in [0.717, 1.165) is 5.56 Å². The molecule has 2 aromatic rings. The number of nitrogens with one attached hydrogen (secondary N) is 1. The Balaban J connectivity index is 2.21. The minimum atomic E-state index is -3.91. The first-order chi connectivity index (χ1) is 10.8. The van der Waals surface area contributed by atoms with E-state index in [-0.39, 0.29) is 10.5 Å². The summed E-state index contributed by atoms with van der Waals surface area (Å²) in [5.41, 5.74) is 1.80. The smallest absolute Gasteiger partial charge is 0.265 e. The van der Waals surface area contributed by atoms with Crippen LogP contribution in [0, 0.1) is 13.8 Å². The van der Waals surface area contributed by atoms with Gasteiger partial charge in [-0.1, -0.05) is 17.7 Å². The average Bonchev–Trinajstić information content (AvgIpc) is 2.47. The van der Waals surface area contributed by atoms with Crippen molar-refractivity contribution in [1.29, 1.82) is 0 Å². The molecule has 2 rings (SSSR count). The van der Waals surface area contributed by atoms with E-state index in [1.54, 1.807) is 31.2 Å². The van der Waals surface area contributed by atoms with Crippen LogP contribution in [0.1, 0.15) is 28.4 Å². The zero-order chi connectivity index (χ0) is 17.0. The van der Waals surface area contributed by atoms with Gasteiger partial charge in [-0.15, -0.1) is 0 Å². The molecule has 0 aliphatic carbocycles. The summed E-state index contributed by atoms with van der Waals surface area (Å²) in [4.78, 5) is 12.2. The van der Waals surface area contributed by atoms with Crippen LogP contribution in [0.25, 0.3) is 0 Å². The summed E-state index contributed by atoms with van der Waals surface area (Å²) in [6.45, 7) is 5.95. The van der Waals surface area contributed by atoms with Crippen molar-refractivity contribution in [2.45, 2.75) is 25.7 Å². The van der Waals surface area contributed by atoms with Gasteiger partial charge in [0.1, 0.15) is 5.75 Å². The van der Waals surface area contributed by atoms with Crippen molar-refractivity contribution >= 4 is 15.9 Å². The SMILES string of the molecule is CCOc1ccc(C(=O)NS(=O)(=O)c2ccc(C)cc2C)cc1. The highest BCUT2D eigenvalue weighted by Gasteiger charge is 2.20. The molecule has 0 aliphatic heterocycles. The number of ether oxygens (including phenoxy) is 1. The highest BCUT2D eigenvalue weighted by Crippen LogP contribution is 2.17. The number of sulfonamides is 1. The van der Waals surface area contributed by atoms with Crippen molar-refractivity contribution in [3.63, 3.8) is 0 Å². The molecule has 0 bridgehead atoms. The first kappa shape index (κ1) is 17.0. The van der Waals surface area contributed by atoms with Gasteiger partial charge in [-0.2, -0.15) is 0 Å². The van der Waals surface area contributed by atoms with Crippen LogP contribution in [0.4, 0.5) is 0 Å². The zero-order valence-electron chi connectivity index (χ0n) is 13.3. The summed E-state index contributed by atoms with van der Waals surface area (Å²) >= 11 is 0. The fourth-order valence-electron chi connectivity index (χ4n) is 2.21. The molecule has 6 heteroatoms. The minimum absolute atomic E-state index is 0.0994. The molecule has 0 heterocycles. The third kappa shape index (κ3) is 4.10. The third-order valence-electron chi connectivity index (χ3n) is 3.27. The molecule has 0 fully saturated rings. The molecule has 122 valence electrons. The summed E-state index contributed by atoms with van der Waals surface area (Å²) < 4.78 is 32.1. The lowest BCUT2D eigenvalue weighted by Crippen LogP contribution is -2.31. The van der Waals surface area contributed by atoms with Gasteiger partial charge in [-0.3, -0.25) is 4.79 Å². The molecule has 0 spiro atoms. The topological polar surface area (TPSA) is 72.5 Å². The quantitative estimate of drug-likeness (QED) is 0.913. The number of rotatable bonds is 5. The maximum absolute atomic E-state index is 12.4. The van der Waals surface area contributed by atoms with Gasteiger partial charge in [0.2, 0.25) is 0 Å². The van der Waals surface area contributed by atoms with Crippen LogP contribution in [0.2, 0.25) is 0 Å². The van der Waals surface area contributed by atoms with E-state index in [1.807, 2.05) is 13.8 Å². The monoisotopic (exact) mass is 333 g/mol. The van der Waals surface area contributed by atoms with E-state index in [4.69, 9.17) is 4.74 Å². The van der Waals surface area contributed by atoms with Gasteiger partial charge in [0.25, 0.3) is 15.9 Å². The van der Waals surface area contributed by atoms with Gasteiger partial charge < -0.3 is 4.74 Å². The predicted octanol–water partition coefficient (Wildman–Crippen LogP) is 2.82. The van der Waals surface area contributed by atoms with Gasteiger partial charge in [0, 0.05) is 5.56 Å². The molecule has 0 aliphatic rings. The van der Waals surface area contributed by atoms with Crippen LogP contribution in [-0.2, 0) is 10.0 Å². The standard InChI is InChI=1S/C17H19NO4S/c1-4-22-15-8-6-14(7-9-15)17(19)18-23(20,21)16-10-5-12(2)11-13(16)3/h5-11H,4H2,1-3H3,(H,18,19). The van der Waals surface area contributed by atoms with Gasteiger partial charge in [0.15, 0.2) is 0 Å². The van der Waals surface area contributed by atoms with Crippen LogP contribution in [-0.4, -0.2) is 20.9 Å². The Labute approximate surface area is 136 Å². The fraction of sp³-hybridized carbons (Fsp3) is 0.235. The molecule has 1 N–H and O–H groups in total. The molecule has 0 unspecified atom stereocenters. The van der Waals surface area contributed by atoms with Crippen molar-refractivity contribution in [2.24, 2.45) is 0 Å². The van der Waals surface area contributed by atoms with Gasteiger partial charge in [-0.25, -0.2) is 13.1 Å². The van der Waals surface area contributed by atoms with Crippen molar-refractivity contribution in [2.75, 3.05) is 6.61 Å². The number of carbonyl (C=O) groups is 1. The molecule has 0 aromatic heterocycles. The molecular formula is C17H19NO4S. The van der Waals surface area contributed by atoms with E-state index in [1.165, 1.54) is 18.2 Å². The molecule has 1 amide bonds. The number of amides is 1. The summed E-state index contributed by atoms with van der Waals surface area (Å²) in [5, 5.41) is 0. The van der Waals surface area contributed by atoms with E-state index in [0.29, 0.717) is 17.9 Å². The molecule has 0 saturated heterocycles. The molecule has 0 saturated carbocycles. The minimum Gasteiger partial charge on any atom is -0.494 e. The summed E-state index contributed by atoms with van der Waals surface area (Å²) in [6, 6.07) is 11.3. The number of benzene rings is 2. The van der Waals surface area contributed by atoms with E-state index in [9.17, 15) is 13.2 Å². The highest BCUT2D eigenvalue weighted by atomic mass is 32.2.